The lowest BCUT2D eigenvalue weighted by Crippen LogP contribution is -2.38. The fourth-order valence-electron chi connectivity index (χ4n) is 2.88. The number of H-pyrrole nitrogens is 1. The van der Waals surface area contributed by atoms with Crippen LogP contribution in [0.15, 0.2) is 18.5 Å². The normalized spacial score (nSPS) is 11.8. The first kappa shape index (κ1) is 16.5. The van der Waals surface area contributed by atoms with E-state index in [9.17, 15) is 4.79 Å². The Kier molecular flexibility index (Phi) is 5.19. The Morgan fingerprint density at radius 1 is 1.32 bits per heavy atom. The van der Waals surface area contributed by atoms with Crippen molar-refractivity contribution < 1.29 is 9.53 Å². The zero-order valence-electron chi connectivity index (χ0n) is 14.0. The maximum Gasteiger partial charge on any atom is 0.309 e. The molecule has 0 bridgehead atoms. The number of carbonyl (C=O) groups excluding carboxylic acids is 1. The summed E-state index contributed by atoms with van der Waals surface area (Å²) in [4.78, 5) is 21.1. The highest BCUT2D eigenvalue weighted by atomic mass is 16.5. The van der Waals surface area contributed by atoms with E-state index in [1.165, 1.54) is 6.92 Å². The highest BCUT2D eigenvalue weighted by Crippen LogP contribution is 2.27. The van der Waals surface area contributed by atoms with Crippen LogP contribution in [0.1, 0.15) is 40.2 Å². The first-order valence-electron chi connectivity index (χ1n) is 7.79. The van der Waals surface area contributed by atoms with Gasteiger partial charge in [0.05, 0.1) is 10.9 Å². The van der Waals surface area contributed by atoms with Crippen LogP contribution in [-0.2, 0) is 11.2 Å². The minimum atomic E-state index is -0.349. The van der Waals surface area contributed by atoms with Gasteiger partial charge in [-0.1, -0.05) is 0 Å². The summed E-state index contributed by atoms with van der Waals surface area (Å²) in [5.41, 5.74) is 2.08. The summed E-state index contributed by atoms with van der Waals surface area (Å²) in [5, 5.41) is 0.908. The first-order chi connectivity index (χ1) is 10.4. The summed E-state index contributed by atoms with van der Waals surface area (Å²) in [6.07, 6.45) is 4.52. The predicted octanol–water partition coefficient (Wildman–Crippen LogP) is 3.15. The molecule has 0 saturated carbocycles. The van der Waals surface area contributed by atoms with E-state index in [2.05, 4.69) is 42.6 Å². The molecule has 0 amide bonds. The van der Waals surface area contributed by atoms with Gasteiger partial charge < -0.3 is 9.72 Å². The molecule has 0 aliphatic carbocycles. The van der Waals surface area contributed by atoms with Crippen LogP contribution in [0.2, 0.25) is 0 Å². The Balaban J connectivity index is 2.26. The molecule has 1 N–H and O–H groups in total. The van der Waals surface area contributed by atoms with Gasteiger partial charge in [0.15, 0.2) is 0 Å². The SMILES string of the molecule is CC(=O)Oc1nccc2[nH]cc(CCN(C(C)C)C(C)C)c12. The fourth-order valence-corrected chi connectivity index (χ4v) is 2.88. The van der Waals surface area contributed by atoms with E-state index in [0.29, 0.717) is 18.0 Å². The van der Waals surface area contributed by atoms with Crippen molar-refractivity contribution in [1.29, 1.82) is 0 Å². The quantitative estimate of drug-likeness (QED) is 0.833. The van der Waals surface area contributed by atoms with Crippen LogP contribution >= 0.6 is 0 Å². The molecular formula is C17H25N3O2. The van der Waals surface area contributed by atoms with Gasteiger partial charge in [-0.25, -0.2) is 4.98 Å². The second-order valence-electron chi connectivity index (χ2n) is 6.12. The highest BCUT2D eigenvalue weighted by molar-refractivity contribution is 5.89. The van der Waals surface area contributed by atoms with E-state index in [4.69, 9.17) is 4.74 Å². The highest BCUT2D eigenvalue weighted by Gasteiger charge is 2.16. The van der Waals surface area contributed by atoms with Crippen LogP contribution in [0.5, 0.6) is 5.88 Å². The maximum atomic E-state index is 11.3. The third kappa shape index (κ3) is 3.65. The van der Waals surface area contributed by atoms with E-state index < -0.39 is 0 Å². The molecule has 2 rings (SSSR count). The van der Waals surface area contributed by atoms with Crippen molar-refractivity contribution in [3.63, 3.8) is 0 Å². The Bertz CT molecular complexity index is 638. The molecule has 120 valence electrons. The second kappa shape index (κ2) is 6.92. The zero-order valence-corrected chi connectivity index (χ0v) is 14.0. The van der Waals surface area contributed by atoms with E-state index in [0.717, 1.165) is 29.4 Å². The van der Waals surface area contributed by atoms with Crippen molar-refractivity contribution in [3.05, 3.63) is 24.0 Å². The number of ether oxygens (including phenoxy) is 1. The van der Waals surface area contributed by atoms with E-state index in [-0.39, 0.29) is 5.97 Å². The standard InChI is InChI=1S/C17H25N3O2/c1-11(2)20(12(3)4)9-7-14-10-19-15-6-8-18-17(16(14)15)22-13(5)21/h6,8,10-12,19H,7,9H2,1-5H3. The third-order valence-electron chi connectivity index (χ3n) is 3.85. The minimum Gasteiger partial charge on any atom is -0.407 e. The molecule has 2 aromatic rings. The van der Waals surface area contributed by atoms with Crippen molar-refractivity contribution in [3.8, 4) is 5.88 Å². The molecule has 0 spiro atoms. The van der Waals surface area contributed by atoms with Crippen molar-refractivity contribution >= 4 is 16.9 Å². The third-order valence-corrected chi connectivity index (χ3v) is 3.85. The van der Waals surface area contributed by atoms with Gasteiger partial charge in [-0.3, -0.25) is 9.69 Å². The average Bonchev–Trinajstić information content (AvgIpc) is 2.82. The Hall–Kier alpha value is -1.88. The molecule has 5 nitrogen and oxygen atoms in total. The number of nitrogens with one attached hydrogen (secondary N) is 1. The van der Waals surface area contributed by atoms with Crippen LogP contribution in [0, 0.1) is 0 Å². The summed E-state index contributed by atoms with van der Waals surface area (Å²) in [5.74, 6) is 0.0417. The maximum absolute atomic E-state index is 11.3. The van der Waals surface area contributed by atoms with Gasteiger partial charge in [0.1, 0.15) is 0 Å². The number of rotatable bonds is 6. The Morgan fingerprint density at radius 2 is 2.00 bits per heavy atom. The fraction of sp³-hybridized carbons (Fsp3) is 0.529. The zero-order chi connectivity index (χ0) is 16.3. The lowest BCUT2D eigenvalue weighted by Gasteiger charge is -2.30. The molecule has 0 fully saturated rings. The molecule has 0 saturated heterocycles. The van der Waals surface area contributed by atoms with Gasteiger partial charge in [-0.15, -0.1) is 0 Å². The number of pyridine rings is 1. The lowest BCUT2D eigenvalue weighted by atomic mass is 10.1. The predicted molar refractivity (Wildman–Crippen MR) is 88.1 cm³/mol. The molecule has 0 aromatic carbocycles. The molecular weight excluding hydrogens is 278 g/mol. The molecule has 0 aliphatic rings. The molecule has 0 aliphatic heterocycles. The number of fused-ring (bicyclic) bond motifs is 1. The van der Waals surface area contributed by atoms with E-state index in [1.807, 2.05) is 12.3 Å². The summed E-state index contributed by atoms with van der Waals surface area (Å²) >= 11 is 0. The summed E-state index contributed by atoms with van der Waals surface area (Å²) < 4.78 is 5.24. The van der Waals surface area contributed by atoms with Gasteiger partial charge >= 0.3 is 5.97 Å². The number of aromatic amines is 1. The monoisotopic (exact) mass is 303 g/mol. The molecule has 2 aromatic heterocycles. The first-order valence-corrected chi connectivity index (χ1v) is 7.79. The molecule has 5 heteroatoms. The van der Waals surface area contributed by atoms with Crippen molar-refractivity contribution in [1.82, 2.24) is 14.9 Å². The van der Waals surface area contributed by atoms with Crippen LogP contribution < -0.4 is 4.74 Å². The van der Waals surface area contributed by atoms with E-state index in [1.54, 1.807) is 6.20 Å². The summed E-state index contributed by atoms with van der Waals surface area (Å²) in [6, 6.07) is 2.89. The number of hydrogen-bond acceptors (Lipinski definition) is 4. The van der Waals surface area contributed by atoms with Crippen molar-refractivity contribution in [2.24, 2.45) is 0 Å². The van der Waals surface area contributed by atoms with Crippen LogP contribution in [0.3, 0.4) is 0 Å². The van der Waals surface area contributed by atoms with Crippen LogP contribution in [0.4, 0.5) is 0 Å². The Labute approximate surface area is 131 Å². The molecule has 2 heterocycles. The van der Waals surface area contributed by atoms with Gasteiger partial charge in [0.25, 0.3) is 0 Å². The molecule has 0 radical (unpaired) electrons. The number of aromatic nitrogens is 2. The largest absolute Gasteiger partial charge is 0.407 e. The molecule has 0 atom stereocenters. The number of esters is 1. The van der Waals surface area contributed by atoms with Crippen LogP contribution in [-0.4, -0.2) is 39.5 Å². The van der Waals surface area contributed by atoms with Crippen molar-refractivity contribution in [2.45, 2.75) is 53.1 Å². The number of hydrogen-bond donors (Lipinski definition) is 1. The minimum absolute atomic E-state index is 0.349. The van der Waals surface area contributed by atoms with Gasteiger partial charge in [0, 0.05) is 37.9 Å². The summed E-state index contributed by atoms with van der Waals surface area (Å²) in [7, 11) is 0. The number of carbonyl (C=O) groups is 1. The topological polar surface area (TPSA) is 58.2 Å². The van der Waals surface area contributed by atoms with Crippen LogP contribution in [0.25, 0.3) is 10.9 Å². The second-order valence-corrected chi connectivity index (χ2v) is 6.12. The van der Waals surface area contributed by atoms with Gasteiger partial charge in [-0.2, -0.15) is 0 Å². The molecule has 0 unspecified atom stereocenters. The average molecular weight is 303 g/mol. The Morgan fingerprint density at radius 3 is 2.59 bits per heavy atom. The van der Waals surface area contributed by atoms with Gasteiger partial charge in [0.2, 0.25) is 5.88 Å². The summed E-state index contributed by atoms with van der Waals surface area (Å²) in [6.45, 7) is 11.2. The van der Waals surface area contributed by atoms with E-state index >= 15 is 0 Å². The lowest BCUT2D eigenvalue weighted by molar-refractivity contribution is -0.132. The molecule has 22 heavy (non-hydrogen) atoms. The van der Waals surface area contributed by atoms with Crippen molar-refractivity contribution in [2.75, 3.05) is 6.54 Å². The number of nitrogens with zero attached hydrogens (tertiary/aromatic N) is 2. The smallest absolute Gasteiger partial charge is 0.309 e. The van der Waals surface area contributed by atoms with Gasteiger partial charge in [-0.05, 0) is 45.7 Å².